The van der Waals surface area contributed by atoms with Crippen molar-refractivity contribution in [3.8, 4) is 0 Å². The topological polar surface area (TPSA) is 97.4 Å². The van der Waals surface area contributed by atoms with Gasteiger partial charge >= 0.3 is 17.9 Å². The third-order valence-corrected chi connectivity index (χ3v) is 16.6. The number of esters is 3. The first-order chi connectivity index (χ1) is 16.8. The molecule has 0 spiro atoms. The minimum absolute atomic E-state index is 0.0660. The van der Waals surface area contributed by atoms with Crippen LogP contribution in [-0.2, 0) is 32.7 Å². The SMILES string of the molecule is CCOC(=O)[C@H](OC(=O)c1ccccc1)[C@H]1OC(=O)[C@@H](O[Si](C)(C)C(C)(C)C)[C@@H]1O[Si](C)(C)C(C)(C)C. The molecule has 4 atom stereocenters. The Hall–Kier alpha value is -2.02. The molecule has 0 saturated carbocycles. The second kappa shape index (κ2) is 11.4. The molecule has 1 heterocycles. The van der Waals surface area contributed by atoms with Crippen molar-refractivity contribution in [1.82, 2.24) is 0 Å². The maximum absolute atomic E-state index is 13.3. The standard InChI is InChI=1S/C27H44O8Si2/c1-12-31-24(29)21(33-23(28)18-16-14-13-15-17-18)19-20(34-36(8,9)26(2,3)4)22(25(30)32-19)35-37(10,11)27(5,6)7/h13-17,19-22H,12H2,1-11H3/t19-,20+,21+,22-/m0/s1. The number of benzene rings is 1. The van der Waals surface area contributed by atoms with Crippen LogP contribution in [0, 0.1) is 0 Å². The number of cyclic esters (lactones) is 1. The number of carbonyl (C=O) groups is 3. The minimum atomic E-state index is -2.50. The molecule has 0 unspecified atom stereocenters. The van der Waals surface area contributed by atoms with Gasteiger partial charge in [0, 0.05) is 0 Å². The number of hydrogen-bond donors (Lipinski definition) is 0. The second-order valence-electron chi connectivity index (χ2n) is 12.5. The van der Waals surface area contributed by atoms with Crippen LogP contribution >= 0.6 is 0 Å². The van der Waals surface area contributed by atoms with Gasteiger partial charge < -0.3 is 23.1 Å². The zero-order chi connectivity index (χ0) is 28.4. The average molecular weight is 553 g/mol. The second-order valence-corrected chi connectivity index (χ2v) is 22.0. The zero-order valence-corrected chi connectivity index (χ0v) is 26.2. The molecule has 37 heavy (non-hydrogen) atoms. The van der Waals surface area contributed by atoms with Crippen LogP contribution < -0.4 is 0 Å². The van der Waals surface area contributed by atoms with Crippen molar-refractivity contribution in [2.45, 2.75) is 109 Å². The van der Waals surface area contributed by atoms with Crippen LogP contribution in [0.2, 0.25) is 36.3 Å². The molecule has 208 valence electrons. The first kappa shape index (κ1) is 31.2. The summed E-state index contributed by atoms with van der Waals surface area (Å²) in [6, 6.07) is 8.32. The highest BCUT2D eigenvalue weighted by atomic mass is 28.4. The molecular formula is C27H44O8Si2. The highest BCUT2D eigenvalue weighted by Gasteiger charge is 2.58. The van der Waals surface area contributed by atoms with Crippen LogP contribution in [0.1, 0.15) is 58.8 Å². The van der Waals surface area contributed by atoms with E-state index in [1.165, 1.54) is 0 Å². The van der Waals surface area contributed by atoms with Gasteiger partial charge in [0.2, 0.25) is 6.10 Å². The highest BCUT2D eigenvalue weighted by Crippen LogP contribution is 2.43. The van der Waals surface area contributed by atoms with E-state index in [9.17, 15) is 14.4 Å². The molecule has 1 aromatic carbocycles. The normalized spacial score (nSPS) is 21.8. The summed E-state index contributed by atoms with van der Waals surface area (Å²) in [6.07, 6.45) is -4.75. The van der Waals surface area contributed by atoms with Crippen LogP contribution in [0.3, 0.4) is 0 Å². The Labute approximate surface area is 223 Å². The molecule has 0 amide bonds. The molecule has 1 fully saturated rings. The van der Waals surface area contributed by atoms with Crippen molar-refractivity contribution in [2.24, 2.45) is 0 Å². The molecule has 0 N–H and O–H groups in total. The third kappa shape index (κ3) is 7.31. The Morgan fingerprint density at radius 2 is 1.43 bits per heavy atom. The van der Waals surface area contributed by atoms with E-state index in [2.05, 4.69) is 41.5 Å². The molecular weight excluding hydrogens is 508 g/mol. The Bertz CT molecular complexity index is 963. The Morgan fingerprint density at radius 1 is 0.919 bits per heavy atom. The molecule has 1 aliphatic heterocycles. The fraction of sp³-hybridized carbons (Fsp3) is 0.667. The lowest BCUT2D eigenvalue weighted by Gasteiger charge is -2.43. The van der Waals surface area contributed by atoms with Gasteiger partial charge in [-0.3, -0.25) is 0 Å². The maximum atomic E-state index is 13.3. The predicted octanol–water partition coefficient (Wildman–Crippen LogP) is 5.48. The third-order valence-electron chi connectivity index (χ3n) is 7.63. The molecule has 0 bridgehead atoms. The molecule has 1 aromatic rings. The summed E-state index contributed by atoms with van der Waals surface area (Å²) >= 11 is 0. The number of carbonyl (C=O) groups excluding carboxylic acids is 3. The molecule has 2 rings (SSSR count). The zero-order valence-electron chi connectivity index (χ0n) is 24.2. The van der Waals surface area contributed by atoms with E-state index in [1.807, 2.05) is 26.2 Å². The molecule has 0 radical (unpaired) electrons. The van der Waals surface area contributed by atoms with E-state index in [0.29, 0.717) is 0 Å². The van der Waals surface area contributed by atoms with Gasteiger partial charge in [-0.1, -0.05) is 59.7 Å². The van der Waals surface area contributed by atoms with Gasteiger partial charge in [0.15, 0.2) is 28.8 Å². The summed E-state index contributed by atoms with van der Waals surface area (Å²) in [5.74, 6) is -2.17. The summed E-state index contributed by atoms with van der Waals surface area (Å²) in [6.45, 7) is 22.3. The van der Waals surface area contributed by atoms with Crippen molar-refractivity contribution in [2.75, 3.05) is 6.61 Å². The summed E-state index contributed by atoms with van der Waals surface area (Å²) in [5, 5.41) is -0.391. The molecule has 10 heteroatoms. The van der Waals surface area contributed by atoms with Crippen molar-refractivity contribution in [3.05, 3.63) is 35.9 Å². The molecule has 8 nitrogen and oxygen atoms in total. The number of rotatable bonds is 9. The average Bonchev–Trinajstić information content (AvgIpc) is 3.05. The quantitative estimate of drug-likeness (QED) is 0.226. The number of ether oxygens (including phenoxy) is 3. The number of hydrogen-bond acceptors (Lipinski definition) is 8. The summed E-state index contributed by atoms with van der Waals surface area (Å²) in [7, 11) is -4.95. The van der Waals surface area contributed by atoms with E-state index in [0.717, 1.165) is 0 Å². The smallest absolute Gasteiger partial charge is 0.351 e. The van der Waals surface area contributed by atoms with Crippen molar-refractivity contribution < 1.29 is 37.4 Å². The van der Waals surface area contributed by atoms with Gasteiger partial charge in [-0.25, -0.2) is 14.4 Å². The van der Waals surface area contributed by atoms with Gasteiger partial charge in [-0.05, 0) is 55.3 Å². The van der Waals surface area contributed by atoms with Crippen LogP contribution in [0.4, 0.5) is 0 Å². The minimum Gasteiger partial charge on any atom is -0.463 e. The Balaban J connectivity index is 2.54. The predicted molar refractivity (Wildman–Crippen MR) is 146 cm³/mol. The van der Waals surface area contributed by atoms with Crippen LogP contribution in [-0.4, -0.2) is 65.6 Å². The lowest BCUT2D eigenvalue weighted by Crippen LogP contribution is -2.56. The maximum Gasteiger partial charge on any atom is 0.351 e. The van der Waals surface area contributed by atoms with Gasteiger partial charge in [0.1, 0.15) is 6.10 Å². The van der Waals surface area contributed by atoms with Gasteiger partial charge in [-0.15, -0.1) is 0 Å². The van der Waals surface area contributed by atoms with Crippen LogP contribution in [0.5, 0.6) is 0 Å². The molecule has 1 saturated heterocycles. The Kier molecular flexibility index (Phi) is 9.60. The highest BCUT2D eigenvalue weighted by molar-refractivity contribution is 6.74. The van der Waals surface area contributed by atoms with E-state index < -0.39 is 59.0 Å². The molecule has 0 aliphatic carbocycles. The van der Waals surface area contributed by atoms with E-state index in [4.69, 9.17) is 23.1 Å². The van der Waals surface area contributed by atoms with E-state index >= 15 is 0 Å². The summed E-state index contributed by atoms with van der Waals surface area (Å²) in [4.78, 5) is 39.4. The van der Waals surface area contributed by atoms with Gasteiger partial charge in [-0.2, -0.15) is 0 Å². The largest absolute Gasteiger partial charge is 0.463 e. The summed E-state index contributed by atoms with van der Waals surface area (Å²) < 4.78 is 29.9. The summed E-state index contributed by atoms with van der Waals surface area (Å²) in [5.41, 5.74) is 0.261. The fourth-order valence-corrected chi connectivity index (χ4v) is 5.81. The van der Waals surface area contributed by atoms with Gasteiger partial charge in [0.05, 0.1) is 12.2 Å². The van der Waals surface area contributed by atoms with Gasteiger partial charge in [0.25, 0.3) is 0 Å². The van der Waals surface area contributed by atoms with Crippen molar-refractivity contribution in [1.29, 1.82) is 0 Å². The Morgan fingerprint density at radius 3 is 1.92 bits per heavy atom. The van der Waals surface area contributed by atoms with Crippen LogP contribution in [0.15, 0.2) is 30.3 Å². The van der Waals surface area contributed by atoms with Crippen LogP contribution in [0.25, 0.3) is 0 Å². The van der Waals surface area contributed by atoms with E-state index in [-0.39, 0.29) is 22.2 Å². The van der Waals surface area contributed by atoms with Crippen molar-refractivity contribution in [3.63, 3.8) is 0 Å². The fourth-order valence-electron chi connectivity index (χ4n) is 3.30. The lowest BCUT2D eigenvalue weighted by molar-refractivity contribution is -0.166. The first-order valence-corrected chi connectivity index (χ1v) is 18.6. The monoisotopic (exact) mass is 552 g/mol. The molecule has 0 aromatic heterocycles. The van der Waals surface area contributed by atoms with E-state index in [1.54, 1.807) is 37.3 Å². The first-order valence-electron chi connectivity index (χ1n) is 12.8. The molecule has 1 aliphatic rings. The lowest BCUT2D eigenvalue weighted by atomic mass is 10.1. The van der Waals surface area contributed by atoms with Crippen molar-refractivity contribution >= 4 is 34.5 Å².